The maximum Gasteiger partial charge on any atom is 0.245 e. The quantitative estimate of drug-likeness (QED) is 0.789. The van der Waals surface area contributed by atoms with Crippen LogP contribution in [0.2, 0.25) is 0 Å². The molecule has 0 aromatic heterocycles. The number of nitrogens with zero attached hydrogens (tertiary/aromatic N) is 1. The summed E-state index contributed by atoms with van der Waals surface area (Å²) in [7, 11) is 0. The molecule has 2 aliphatic rings. The van der Waals surface area contributed by atoms with Crippen LogP contribution in [0.4, 0.5) is 0 Å². The number of carbonyl (C=O) groups excluding carboxylic acids is 2. The summed E-state index contributed by atoms with van der Waals surface area (Å²) in [6.45, 7) is 5.89. The van der Waals surface area contributed by atoms with Crippen molar-refractivity contribution in [2.45, 2.75) is 57.5 Å². The van der Waals surface area contributed by atoms with Gasteiger partial charge in [-0.15, -0.1) is 0 Å². The minimum Gasteiger partial charge on any atom is -0.352 e. The van der Waals surface area contributed by atoms with E-state index in [1.165, 1.54) is 12.8 Å². The van der Waals surface area contributed by atoms with Crippen LogP contribution in [0, 0.1) is 0 Å². The van der Waals surface area contributed by atoms with Crippen molar-refractivity contribution < 1.29 is 9.59 Å². The van der Waals surface area contributed by atoms with Crippen molar-refractivity contribution in [3.05, 3.63) is 0 Å². The molecule has 108 valence electrons. The topological polar surface area (TPSA) is 61.4 Å². The van der Waals surface area contributed by atoms with Gasteiger partial charge in [-0.3, -0.25) is 9.59 Å². The van der Waals surface area contributed by atoms with Gasteiger partial charge in [0.2, 0.25) is 11.8 Å². The second-order valence-corrected chi connectivity index (χ2v) is 6.05. The van der Waals surface area contributed by atoms with Crippen LogP contribution in [0.1, 0.15) is 46.0 Å². The molecule has 5 heteroatoms. The Labute approximate surface area is 115 Å². The SMILES string of the molecule is CC1(C)C(=O)NCCN1C(=O)CCC1CCCCN1. The van der Waals surface area contributed by atoms with Gasteiger partial charge in [0.1, 0.15) is 5.54 Å². The number of piperidine rings is 1. The summed E-state index contributed by atoms with van der Waals surface area (Å²) in [5, 5.41) is 6.27. The molecule has 1 unspecified atom stereocenters. The van der Waals surface area contributed by atoms with Crippen LogP contribution in [0.15, 0.2) is 0 Å². The fourth-order valence-electron chi connectivity index (χ4n) is 2.94. The van der Waals surface area contributed by atoms with Crippen LogP contribution in [-0.4, -0.2) is 47.9 Å². The second-order valence-electron chi connectivity index (χ2n) is 6.05. The molecule has 0 aromatic carbocycles. The number of piperazine rings is 1. The maximum absolute atomic E-state index is 12.3. The van der Waals surface area contributed by atoms with Gasteiger partial charge in [-0.25, -0.2) is 0 Å². The van der Waals surface area contributed by atoms with Gasteiger partial charge in [-0.2, -0.15) is 0 Å². The van der Waals surface area contributed by atoms with E-state index in [0.717, 1.165) is 19.4 Å². The summed E-state index contributed by atoms with van der Waals surface area (Å²) >= 11 is 0. The molecular formula is C14H25N3O2. The van der Waals surface area contributed by atoms with Gasteiger partial charge in [0.05, 0.1) is 0 Å². The summed E-state index contributed by atoms with van der Waals surface area (Å²) in [4.78, 5) is 25.9. The molecule has 1 atom stereocenters. The minimum atomic E-state index is -0.713. The average Bonchev–Trinajstić information content (AvgIpc) is 2.40. The molecule has 0 bridgehead atoms. The highest BCUT2D eigenvalue weighted by Crippen LogP contribution is 2.20. The van der Waals surface area contributed by atoms with Crippen LogP contribution in [0.25, 0.3) is 0 Å². The molecule has 0 aliphatic carbocycles. The Hall–Kier alpha value is -1.10. The monoisotopic (exact) mass is 267 g/mol. The zero-order valence-corrected chi connectivity index (χ0v) is 12.0. The van der Waals surface area contributed by atoms with Crippen molar-refractivity contribution in [3.8, 4) is 0 Å². The van der Waals surface area contributed by atoms with E-state index in [2.05, 4.69) is 10.6 Å². The van der Waals surface area contributed by atoms with Crippen LogP contribution in [-0.2, 0) is 9.59 Å². The number of amides is 2. The van der Waals surface area contributed by atoms with Crippen molar-refractivity contribution >= 4 is 11.8 Å². The van der Waals surface area contributed by atoms with Crippen molar-refractivity contribution in [2.75, 3.05) is 19.6 Å². The van der Waals surface area contributed by atoms with Crippen molar-refractivity contribution in [1.82, 2.24) is 15.5 Å². The van der Waals surface area contributed by atoms with E-state index in [4.69, 9.17) is 0 Å². The Bertz CT molecular complexity index is 349. The molecule has 2 fully saturated rings. The fraction of sp³-hybridized carbons (Fsp3) is 0.857. The molecule has 0 saturated carbocycles. The van der Waals surface area contributed by atoms with E-state index >= 15 is 0 Å². The molecule has 2 rings (SSSR count). The highest BCUT2D eigenvalue weighted by Gasteiger charge is 2.40. The number of hydrogen-bond donors (Lipinski definition) is 2. The van der Waals surface area contributed by atoms with Gasteiger partial charge in [-0.05, 0) is 39.7 Å². The van der Waals surface area contributed by atoms with Gasteiger partial charge in [-0.1, -0.05) is 6.42 Å². The first kappa shape index (κ1) is 14.3. The largest absolute Gasteiger partial charge is 0.352 e. The lowest BCUT2D eigenvalue weighted by atomic mass is 9.96. The van der Waals surface area contributed by atoms with Gasteiger partial charge in [0.15, 0.2) is 0 Å². The zero-order valence-electron chi connectivity index (χ0n) is 12.0. The summed E-state index contributed by atoms with van der Waals surface area (Å²) < 4.78 is 0. The normalized spacial score (nSPS) is 26.9. The van der Waals surface area contributed by atoms with E-state index in [0.29, 0.717) is 25.6 Å². The molecule has 19 heavy (non-hydrogen) atoms. The Morgan fingerprint density at radius 3 is 2.84 bits per heavy atom. The third kappa shape index (κ3) is 3.26. The van der Waals surface area contributed by atoms with E-state index in [-0.39, 0.29) is 11.8 Å². The Morgan fingerprint density at radius 2 is 2.16 bits per heavy atom. The Balaban J connectivity index is 1.86. The van der Waals surface area contributed by atoms with E-state index < -0.39 is 5.54 Å². The minimum absolute atomic E-state index is 0.0529. The molecule has 2 heterocycles. The van der Waals surface area contributed by atoms with E-state index in [1.807, 2.05) is 13.8 Å². The summed E-state index contributed by atoms with van der Waals surface area (Å²) in [5.41, 5.74) is -0.713. The number of hydrogen-bond acceptors (Lipinski definition) is 3. The van der Waals surface area contributed by atoms with Gasteiger partial charge >= 0.3 is 0 Å². The first-order chi connectivity index (χ1) is 9.01. The standard InChI is InChI=1S/C14H25N3O2/c1-14(2)13(19)16-9-10-17(14)12(18)7-6-11-5-3-4-8-15-11/h11,15H,3-10H2,1-2H3,(H,16,19). The second kappa shape index (κ2) is 5.90. The predicted molar refractivity (Wildman–Crippen MR) is 73.7 cm³/mol. The van der Waals surface area contributed by atoms with Crippen molar-refractivity contribution in [1.29, 1.82) is 0 Å². The van der Waals surface area contributed by atoms with Gasteiger partial charge < -0.3 is 15.5 Å². The lowest BCUT2D eigenvalue weighted by molar-refractivity contribution is -0.149. The van der Waals surface area contributed by atoms with Crippen molar-refractivity contribution in [2.24, 2.45) is 0 Å². The first-order valence-electron chi connectivity index (χ1n) is 7.34. The van der Waals surface area contributed by atoms with E-state index in [1.54, 1.807) is 4.90 Å². The third-order valence-corrected chi connectivity index (χ3v) is 4.27. The zero-order chi connectivity index (χ0) is 13.9. The highest BCUT2D eigenvalue weighted by molar-refractivity contribution is 5.91. The summed E-state index contributed by atoms with van der Waals surface area (Å²) in [6, 6.07) is 0.472. The molecule has 0 aromatic rings. The molecule has 0 spiro atoms. The summed E-state index contributed by atoms with van der Waals surface area (Å²) in [5.74, 6) is 0.0510. The first-order valence-corrected chi connectivity index (χ1v) is 7.34. The summed E-state index contributed by atoms with van der Waals surface area (Å²) in [6.07, 6.45) is 5.08. The lowest BCUT2D eigenvalue weighted by Gasteiger charge is -2.41. The molecule has 0 radical (unpaired) electrons. The third-order valence-electron chi connectivity index (χ3n) is 4.27. The predicted octanol–water partition coefficient (Wildman–Crippen LogP) is 0.646. The lowest BCUT2D eigenvalue weighted by Crippen LogP contribution is -2.63. The highest BCUT2D eigenvalue weighted by atomic mass is 16.2. The maximum atomic E-state index is 12.3. The average molecular weight is 267 g/mol. The molecule has 2 aliphatic heterocycles. The van der Waals surface area contributed by atoms with Crippen LogP contribution < -0.4 is 10.6 Å². The van der Waals surface area contributed by atoms with Crippen LogP contribution in [0.3, 0.4) is 0 Å². The molecule has 2 amide bonds. The van der Waals surface area contributed by atoms with Crippen molar-refractivity contribution in [3.63, 3.8) is 0 Å². The Kier molecular flexibility index (Phi) is 4.45. The van der Waals surface area contributed by atoms with Crippen LogP contribution >= 0.6 is 0 Å². The Morgan fingerprint density at radius 1 is 1.37 bits per heavy atom. The van der Waals surface area contributed by atoms with Gasteiger partial charge in [0, 0.05) is 25.6 Å². The van der Waals surface area contributed by atoms with Crippen LogP contribution in [0.5, 0.6) is 0 Å². The fourth-order valence-corrected chi connectivity index (χ4v) is 2.94. The van der Waals surface area contributed by atoms with E-state index in [9.17, 15) is 9.59 Å². The molecular weight excluding hydrogens is 242 g/mol. The van der Waals surface area contributed by atoms with Gasteiger partial charge in [0.25, 0.3) is 0 Å². The molecule has 2 saturated heterocycles. The number of nitrogens with one attached hydrogen (secondary N) is 2. The number of rotatable bonds is 3. The smallest absolute Gasteiger partial charge is 0.245 e. The molecule has 5 nitrogen and oxygen atoms in total. The molecule has 2 N–H and O–H groups in total. The number of carbonyl (C=O) groups is 2.